The Morgan fingerprint density at radius 2 is 1.14 bits per heavy atom. The van der Waals surface area contributed by atoms with Crippen LogP contribution in [0.1, 0.15) is 20.7 Å². The summed E-state index contributed by atoms with van der Waals surface area (Å²) in [6, 6.07) is 11.4. The molecular formula is C16H12F2O2S. The van der Waals surface area contributed by atoms with E-state index in [1.54, 1.807) is 12.1 Å². The van der Waals surface area contributed by atoms with E-state index < -0.39 is 11.6 Å². The number of hydrogen-bond donors (Lipinski definition) is 0. The average molecular weight is 306 g/mol. The van der Waals surface area contributed by atoms with E-state index in [0.717, 1.165) is 11.8 Å². The zero-order valence-corrected chi connectivity index (χ0v) is 11.8. The Morgan fingerprint density at radius 3 is 1.52 bits per heavy atom. The molecule has 2 rings (SSSR count). The molecule has 0 spiro atoms. The Morgan fingerprint density at radius 1 is 0.762 bits per heavy atom. The van der Waals surface area contributed by atoms with Crippen molar-refractivity contribution in [2.45, 2.75) is 0 Å². The van der Waals surface area contributed by atoms with E-state index in [-0.39, 0.29) is 34.2 Å². The maximum Gasteiger partial charge on any atom is 0.175 e. The van der Waals surface area contributed by atoms with Crippen LogP contribution in [0.4, 0.5) is 8.78 Å². The maximum atomic E-state index is 13.4. The molecule has 0 aliphatic rings. The Hall–Kier alpha value is -2.01. The predicted molar refractivity (Wildman–Crippen MR) is 78.8 cm³/mol. The molecule has 0 heterocycles. The van der Waals surface area contributed by atoms with Crippen LogP contribution in [0.25, 0.3) is 0 Å². The number of carbonyl (C=O) groups is 2. The van der Waals surface area contributed by atoms with Crippen molar-refractivity contribution in [3.63, 3.8) is 0 Å². The van der Waals surface area contributed by atoms with Crippen LogP contribution in [0.3, 0.4) is 0 Å². The van der Waals surface area contributed by atoms with Gasteiger partial charge < -0.3 is 0 Å². The number of rotatable bonds is 6. The lowest BCUT2D eigenvalue weighted by Crippen LogP contribution is -2.10. The third kappa shape index (κ3) is 3.98. The smallest absolute Gasteiger partial charge is 0.175 e. The van der Waals surface area contributed by atoms with E-state index in [1.807, 2.05) is 0 Å². The van der Waals surface area contributed by atoms with Crippen LogP contribution in [0, 0.1) is 11.6 Å². The normalized spacial score (nSPS) is 10.4. The van der Waals surface area contributed by atoms with Crippen LogP contribution < -0.4 is 0 Å². The number of hydrogen-bond acceptors (Lipinski definition) is 3. The number of benzene rings is 2. The maximum absolute atomic E-state index is 13.4. The van der Waals surface area contributed by atoms with Crippen molar-refractivity contribution in [1.82, 2.24) is 0 Å². The number of Topliss-reactive ketones (excluding diaryl/α,β-unsaturated/α-hetero) is 2. The fourth-order valence-corrected chi connectivity index (χ4v) is 2.55. The molecule has 21 heavy (non-hydrogen) atoms. The fraction of sp³-hybridized carbons (Fsp3) is 0.125. The first-order valence-corrected chi connectivity index (χ1v) is 7.38. The van der Waals surface area contributed by atoms with Gasteiger partial charge in [0.2, 0.25) is 0 Å². The summed E-state index contributed by atoms with van der Waals surface area (Å²) in [4.78, 5) is 23.6. The summed E-state index contributed by atoms with van der Waals surface area (Å²) in [6.45, 7) is 0. The van der Waals surface area contributed by atoms with E-state index in [1.165, 1.54) is 36.4 Å². The molecule has 0 radical (unpaired) electrons. The minimum Gasteiger partial charge on any atom is -0.293 e. The number of halogens is 2. The van der Waals surface area contributed by atoms with Crippen LogP contribution in [0.15, 0.2) is 48.5 Å². The standard InChI is InChI=1S/C16H12F2O2S/c17-13-7-3-1-5-11(13)15(19)9-21-10-16(20)12-6-2-4-8-14(12)18/h1-8H,9-10H2. The van der Waals surface area contributed by atoms with Crippen molar-refractivity contribution in [3.05, 3.63) is 71.3 Å². The van der Waals surface area contributed by atoms with Gasteiger partial charge in [-0.1, -0.05) is 24.3 Å². The van der Waals surface area contributed by atoms with Gasteiger partial charge in [0.1, 0.15) is 11.6 Å². The molecule has 2 nitrogen and oxygen atoms in total. The molecule has 0 unspecified atom stereocenters. The summed E-state index contributed by atoms with van der Waals surface area (Å²) in [5.41, 5.74) is 0.00619. The third-order valence-corrected chi connectivity index (χ3v) is 3.75. The van der Waals surface area contributed by atoms with E-state index in [9.17, 15) is 18.4 Å². The molecule has 0 saturated heterocycles. The first-order valence-electron chi connectivity index (χ1n) is 6.23. The van der Waals surface area contributed by atoms with Crippen LogP contribution in [0.2, 0.25) is 0 Å². The largest absolute Gasteiger partial charge is 0.293 e. The lowest BCUT2D eigenvalue weighted by atomic mass is 10.1. The monoisotopic (exact) mass is 306 g/mol. The molecule has 0 atom stereocenters. The summed E-state index contributed by atoms with van der Waals surface area (Å²) >= 11 is 1.04. The van der Waals surface area contributed by atoms with Crippen molar-refractivity contribution in [2.24, 2.45) is 0 Å². The Kier molecular flexibility index (Phi) is 5.22. The van der Waals surface area contributed by atoms with E-state index in [0.29, 0.717) is 0 Å². The Labute approximate surface area is 125 Å². The van der Waals surface area contributed by atoms with Gasteiger partial charge in [-0.05, 0) is 24.3 Å². The van der Waals surface area contributed by atoms with Gasteiger partial charge in [-0.25, -0.2) is 8.78 Å². The number of carbonyl (C=O) groups excluding carboxylic acids is 2. The molecule has 5 heteroatoms. The molecule has 0 saturated carbocycles. The van der Waals surface area contributed by atoms with Crippen molar-refractivity contribution < 1.29 is 18.4 Å². The molecule has 0 aliphatic carbocycles. The quantitative estimate of drug-likeness (QED) is 0.762. The molecule has 0 fully saturated rings. The van der Waals surface area contributed by atoms with Crippen molar-refractivity contribution >= 4 is 23.3 Å². The minimum atomic E-state index is -0.580. The molecule has 2 aromatic rings. The number of thioether (sulfide) groups is 1. The number of ketones is 2. The van der Waals surface area contributed by atoms with Gasteiger partial charge in [-0.2, -0.15) is 0 Å². The molecule has 108 valence electrons. The Balaban J connectivity index is 1.90. The second kappa shape index (κ2) is 7.13. The Bertz CT molecular complexity index is 613. The second-order valence-electron chi connectivity index (χ2n) is 4.30. The van der Waals surface area contributed by atoms with Gasteiger partial charge in [-0.3, -0.25) is 9.59 Å². The van der Waals surface area contributed by atoms with Crippen molar-refractivity contribution in [2.75, 3.05) is 11.5 Å². The van der Waals surface area contributed by atoms with Gasteiger partial charge in [0.25, 0.3) is 0 Å². The van der Waals surface area contributed by atoms with Crippen LogP contribution >= 0.6 is 11.8 Å². The predicted octanol–water partition coefficient (Wildman–Crippen LogP) is 3.76. The van der Waals surface area contributed by atoms with Gasteiger partial charge in [-0.15, -0.1) is 11.8 Å². The summed E-state index contributed by atoms with van der Waals surface area (Å²) in [7, 11) is 0. The van der Waals surface area contributed by atoms with Gasteiger partial charge in [0, 0.05) is 0 Å². The summed E-state index contributed by atoms with van der Waals surface area (Å²) in [5, 5.41) is 0. The summed E-state index contributed by atoms with van der Waals surface area (Å²) < 4.78 is 26.8. The zero-order chi connectivity index (χ0) is 15.2. The molecular weight excluding hydrogens is 294 g/mol. The average Bonchev–Trinajstić information content (AvgIpc) is 2.48. The molecule has 0 aromatic heterocycles. The first kappa shape index (κ1) is 15.4. The van der Waals surface area contributed by atoms with Crippen LogP contribution in [0.5, 0.6) is 0 Å². The fourth-order valence-electron chi connectivity index (χ4n) is 1.77. The first-order chi connectivity index (χ1) is 10.1. The van der Waals surface area contributed by atoms with Crippen LogP contribution in [-0.4, -0.2) is 23.1 Å². The minimum absolute atomic E-state index is 0.00309. The highest BCUT2D eigenvalue weighted by molar-refractivity contribution is 8.00. The van der Waals surface area contributed by atoms with Gasteiger partial charge >= 0.3 is 0 Å². The highest BCUT2D eigenvalue weighted by Crippen LogP contribution is 2.14. The lowest BCUT2D eigenvalue weighted by Gasteiger charge is -2.03. The summed E-state index contributed by atoms with van der Waals surface area (Å²) in [6.07, 6.45) is 0. The third-order valence-electron chi connectivity index (χ3n) is 2.81. The lowest BCUT2D eigenvalue weighted by molar-refractivity contribution is 0.101. The van der Waals surface area contributed by atoms with E-state index in [4.69, 9.17) is 0 Å². The molecule has 0 bridgehead atoms. The summed E-state index contributed by atoms with van der Waals surface area (Å²) in [5.74, 6) is -1.99. The highest BCUT2D eigenvalue weighted by atomic mass is 32.2. The molecule has 0 N–H and O–H groups in total. The van der Waals surface area contributed by atoms with E-state index >= 15 is 0 Å². The van der Waals surface area contributed by atoms with Gasteiger partial charge in [0.05, 0.1) is 22.6 Å². The van der Waals surface area contributed by atoms with Crippen molar-refractivity contribution in [3.8, 4) is 0 Å². The topological polar surface area (TPSA) is 34.1 Å². The molecule has 0 aliphatic heterocycles. The highest BCUT2D eigenvalue weighted by Gasteiger charge is 2.14. The second-order valence-corrected chi connectivity index (χ2v) is 5.28. The van der Waals surface area contributed by atoms with Crippen molar-refractivity contribution in [1.29, 1.82) is 0 Å². The molecule has 0 amide bonds. The van der Waals surface area contributed by atoms with Crippen LogP contribution in [-0.2, 0) is 0 Å². The SMILES string of the molecule is O=C(CSCC(=O)c1ccccc1F)c1ccccc1F. The molecule has 2 aromatic carbocycles. The zero-order valence-electron chi connectivity index (χ0n) is 11.0. The van der Waals surface area contributed by atoms with E-state index in [2.05, 4.69) is 0 Å². The van der Waals surface area contributed by atoms with Gasteiger partial charge in [0.15, 0.2) is 11.6 Å².